The van der Waals surface area contributed by atoms with Gasteiger partial charge in [0.1, 0.15) is 6.54 Å². The van der Waals surface area contributed by atoms with Gasteiger partial charge in [-0.05, 0) is 25.3 Å². The van der Waals surface area contributed by atoms with Crippen molar-refractivity contribution in [2.75, 3.05) is 6.54 Å². The highest BCUT2D eigenvalue weighted by atomic mass is 15.0. The molecule has 0 rings (SSSR count). The van der Waals surface area contributed by atoms with Gasteiger partial charge in [0.2, 0.25) is 0 Å². The van der Waals surface area contributed by atoms with E-state index < -0.39 is 0 Å². The molecule has 0 radical (unpaired) electrons. The summed E-state index contributed by atoms with van der Waals surface area (Å²) in [7, 11) is 0. The van der Waals surface area contributed by atoms with E-state index in [0.29, 0.717) is 0 Å². The fourth-order valence-corrected chi connectivity index (χ4v) is 1.43. The summed E-state index contributed by atoms with van der Waals surface area (Å²) in [6.07, 6.45) is 3.51. The molecule has 0 amide bonds. The summed E-state index contributed by atoms with van der Waals surface area (Å²) in [6, 6.07) is 0. The van der Waals surface area contributed by atoms with E-state index in [0.717, 1.165) is 12.5 Å². The van der Waals surface area contributed by atoms with Crippen LogP contribution < -0.4 is 0 Å². The second-order valence-corrected chi connectivity index (χ2v) is 4.17. The fraction of sp³-hybridized carbons (Fsp3) is 0.750. The van der Waals surface area contributed by atoms with Crippen LogP contribution in [0.1, 0.15) is 48.0 Å². The van der Waals surface area contributed by atoms with Gasteiger partial charge in [-0.25, -0.2) is 4.58 Å². The Morgan fingerprint density at radius 2 is 1.77 bits per heavy atom. The maximum Gasteiger partial charge on any atom is 0.174 e. The Bertz CT molecular complexity index is 205. The monoisotopic (exact) mass is 182 g/mol. The van der Waals surface area contributed by atoms with Crippen LogP contribution in [0.2, 0.25) is 0 Å². The molecule has 0 bridgehead atoms. The van der Waals surface area contributed by atoms with Gasteiger partial charge in [0, 0.05) is 20.8 Å². The van der Waals surface area contributed by atoms with Crippen LogP contribution in [0.4, 0.5) is 0 Å². The van der Waals surface area contributed by atoms with Crippen molar-refractivity contribution < 1.29 is 4.58 Å². The molecule has 0 heterocycles. The van der Waals surface area contributed by atoms with E-state index in [9.17, 15) is 0 Å². The molecule has 0 saturated carbocycles. The predicted octanol–water partition coefficient (Wildman–Crippen LogP) is 3.45. The van der Waals surface area contributed by atoms with Crippen molar-refractivity contribution in [3.63, 3.8) is 0 Å². The smallest absolute Gasteiger partial charge is 0.174 e. The highest BCUT2D eigenvalue weighted by Crippen LogP contribution is 2.05. The number of nitrogens with zero attached hydrogens (tertiary/aromatic N) is 1. The molecule has 13 heavy (non-hydrogen) atoms. The summed E-state index contributed by atoms with van der Waals surface area (Å²) in [5.41, 5.74) is 2.76. The van der Waals surface area contributed by atoms with Crippen molar-refractivity contribution in [2.24, 2.45) is 5.92 Å². The fourth-order valence-electron chi connectivity index (χ4n) is 1.43. The molecule has 0 aliphatic heterocycles. The highest BCUT2D eigenvalue weighted by Gasteiger charge is 2.06. The summed E-state index contributed by atoms with van der Waals surface area (Å²) in [5, 5.41) is 0. The molecule has 0 aromatic heterocycles. The topological polar surface area (TPSA) is 3.01 Å². The van der Waals surface area contributed by atoms with Gasteiger partial charge < -0.3 is 0 Å². The Kier molecular flexibility index (Phi) is 5.68. The minimum Gasteiger partial charge on any atom is -0.205 e. The molecule has 0 N–H and O–H groups in total. The van der Waals surface area contributed by atoms with Crippen molar-refractivity contribution in [3.05, 3.63) is 11.8 Å². The molecule has 0 saturated heterocycles. The minimum absolute atomic E-state index is 0.755. The van der Waals surface area contributed by atoms with Gasteiger partial charge in [-0.15, -0.1) is 0 Å². The molecule has 1 heteroatoms. The van der Waals surface area contributed by atoms with E-state index in [-0.39, 0.29) is 0 Å². The van der Waals surface area contributed by atoms with E-state index >= 15 is 0 Å². The normalized spacial score (nSPS) is 12.1. The highest BCUT2D eigenvalue weighted by molar-refractivity contribution is 5.74. The Morgan fingerprint density at radius 1 is 1.23 bits per heavy atom. The number of hydrogen-bond acceptors (Lipinski definition) is 0. The standard InChI is InChI=1S/C12H24N/c1-7-13(11(4)5)12(6)9-8-10(2)3/h9-10H,7-8H2,1-6H3/q+1/b12-9+. The van der Waals surface area contributed by atoms with Crippen LogP contribution in [0.5, 0.6) is 0 Å². The molecule has 0 aromatic rings. The number of rotatable bonds is 4. The van der Waals surface area contributed by atoms with Crippen LogP contribution in [0, 0.1) is 5.92 Å². The molecular formula is C12H24N+. The first-order valence-electron chi connectivity index (χ1n) is 5.23. The van der Waals surface area contributed by atoms with Gasteiger partial charge in [-0.3, -0.25) is 0 Å². The van der Waals surface area contributed by atoms with Gasteiger partial charge in [0.25, 0.3) is 0 Å². The summed E-state index contributed by atoms with van der Waals surface area (Å²) in [4.78, 5) is 0. The quantitative estimate of drug-likeness (QED) is 0.463. The molecular weight excluding hydrogens is 158 g/mol. The number of hydrogen-bond donors (Lipinski definition) is 0. The lowest BCUT2D eigenvalue weighted by molar-refractivity contribution is -0.474. The van der Waals surface area contributed by atoms with E-state index in [4.69, 9.17) is 0 Å². The lowest BCUT2D eigenvalue weighted by Crippen LogP contribution is -2.15. The molecule has 0 aliphatic carbocycles. The Balaban J connectivity index is 4.47. The average molecular weight is 182 g/mol. The van der Waals surface area contributed by atoms with Crippen molar-refractivity contribution in [1.82, 2.24) is 0 Å². The molecule has 0 aromatic carbocycles. The summed E-state index contributed by atoms with van der Waals surface area (Å²) >= 11 is 0. The van der Waals surface area contributed by atoms with Crippen LogP contribution in [0.25, 0.3) is 0 Å². The van der Waals surface area contributed by atoms with Gasteiger partial charge in [0.15, 0.2) is 11.4 Å². The maximum atomic E-state index is 2.35. The largest absolute Gasteiger partial charge is 0.205 e. The van der Waals surface area contributed by atoms with Crippen molar-refractivity contribution in [3.8, 4) is 0 Å². The van der Waals surface area contributed by atoms with Gasteiger partial charge in [-0.2, -0.15) is 0 Å². The summed E-state index contributed by atoms with van der Waals surface area (Å²) < 4.78 is 2.35. The zero-order valence-electron chi connectivity index (χ0n) is 10.0. The van der Waals surface area contributed by atoms with E-state index in [1.807, 2.05) is 0 Å². The van der Waals surface area contributed by atoms with Crippen LogP contribution in [0.3, 0.4) is 0 Å². The first kappa shape index (κ1) is 12.4. The molecule has 0 atom stereocenters. The third-order valence-corrected chi connectivity index (χ3v) is 2.17. The Morgan fingerprint density at radius 3 is 2.08 bits per heavy atom. The molecule has 76 valence electrons. The van der Waals surface area contributed by atoms with Crippen molar-refractivity contribution in [2.45, 2.75) is 48.0 Å². The molecule has 0 spiro atoms. The maximum absolute atomic E-state index is 2.35. The lowest BCUT2D eigenvalue weighted by atomic mass is 10.1. The van der Waals surface area contributed by atoms with Gasteiger partial charge in [-0.1, -0.05) is 13.8 Å². The third-order valence-electron chi connectivity index (χ3n) is 2.17. The zero-order valence-corrected chi connectivity index (χ0v) is 10.0. The van der Waals surface area contributed by atoms with Crippen molar-refractivity contribution >= 4 is 5.71 Å². The summed E-state index contributed by atoms with van der Waals surface area (Å²) in [5.74, 6) is 0.755. The molecule has 0 unspecified atom stereocenters. The first-order valence-corrected chi connectivity index (χ1v) is 5.23. The zero-order chi connectivity index (χ0) is 10.4. The van der Waals surface area contributed by atoms with E-state index in [1.165, 1.54) is 17.8 Å². The van der Waals surface area contributed by atoms with Crippen LogP contribution >= 0.6 is 0 Å². The molecule has 0 fully saturated rings. The summed E-state index contributed by atoms with van der Waals surface area (Å²) in [6.45, 7) is 14.3. The van der Waals surface area contributed by atoms with Gasteiger partial charge in [0.05, 0.1) is 0 Å². The molecule has 0 aliphatic rings. The Hall–Kier alpha value is -0.590. The van der Waals surface area contributed by atoms with E-state index in [1.54, 1.807) is 0 Å². The van der Waals surface area contributed by atoms with Crippen LogP contribution in [-0.2, 0) is 0 Å². The first-order chi connectivity index (χ1) is 5.99. The van der Waals surface area contributed by atoms with E-state index in [2.05, 4.69) is 52.2 Å². The average Bonchev–Trinajstić information content (AvgIpc) is 2.01. The number of allylic oxidation sites excluding steroid dienone is 2. The Labute approximate surface area is 83.2 Å². The van der Waals surface area contributed by atoms with Gasteiger partial charge >= 0.3 is 0 Å². The second-order valence-electron chi connectivity index (χ2n) is 4.17. The molecule has 1 nitrogen and oxygen atoms in total. The van der Waals surface area contributed by atoms with Crippen LogP contribution in [0.15, 0.2) is 11.8 Å². The SMILES string of the molecule is CC[N+](=C(C)C)/C(C)=C/CC(C)C. The second kappa shape index (κ2) is 5.95. The van der Waals surface area contributed by atoms with Crippen molar-refractivity contribution in [1.29, 1.82) is 0 Å². The predicted molar refractivity (Wildman–Crippen MR) is 60.4 cm³/mol. The minimum atomic E-state index is 0.755. The van der Waals surface area contributed by atoms with Crippen LogP contribution in [-0.4, -0.2) is 16.8 Å². The third kappa shape index (κ3) is 4.87. The lowest BCUT2D eigenvalue weighted by Gasteiger charge is -2.03.